The normalized spacial score (nSPS) is 17.5. The number of nitrogens with one attached hydrogen (secondary N) is 2. The van der Waals surface area contributed by atoms with Crippen LogP contribution in [-0.2, 0) is 35.5 Å². The fourth-order valence-electron chi connectivity index (χ4n) is 3.65. The minimum absolute atomic E-state index is 0.137. The van der Waals surface area contributed by atoms with E-state index in [0.717, 1.165) is 63.3 Å². The van der Waals surface area contributed by atoms with Gasteiger partial charge in [0.1, 0.15) is 0 Å². The highest BCUT2D eigenvalue weighted by Crippen LogP contribution is 2.45. The number of nitrogens with zero attached hydrogens (tertiary/aromatic N) is 7. The van der Waals surface area contributed by atoms with Crippen LogP contribution in [0.15, 0.2) is 12.4 Å². The molecular weight excluding hydrogens is 434 g/mol. The standard InChI is InChI=1S/C23H37N9O2/c1-22(6-7-22)20(33)24-10-4-18-16-31(28-26-18)14-12-30(3)13-15-32-17-19(27-29-32)5-11-25-21(34)23(2)8-9-23/h16-17H,4-15H2,1-3H3,(H,24,33)(H,25,34). The smallest absolute Gasteiger partial charge is 0.225 e. The van der Waals surface area contributed by atoms with Gasteiger partial charge >= 0.3 is 0 Å². The quantitative estimate of drug-likeness (QED) is 0.409. The molecule has 2 saturated carbocycles. The topological polar surface area (TPSA) is 123 Å². The number of aromatic nitrogens is 6. The molecule has 2 aromatic rings. The van der Waals surface area contributed by atoms with Gasteiger partial charge in [-0.2, -0.15) is 0 Å². The molecule has 0 atom stereocenters. The van der Waals surface area contributed by atoms with Crippen molar-refractivity contribution < 1.29 is 9.59 Å². The number of likely N-dealkylation sites (N-methyl/N-ethyl adjacent to an activating group) is 1. The average molecular weight is 472 g/mol. The molecule has 0 spiro atoms. The van der Waals surface area contributed by atoms with E-state index in [0.29, 0.717) is 25.9 Å². The van der Waals surface area contributed by atoms with Gasteiger partial charge in [0, 0.05) is 62.2 Å². The maximum Gasteiger partial charge on any atom is 0.225 e. The van der Waals surface area contributed by atoms with Crippen molar-refractivity contribution in [2.75, 3.05) is 33.2 Å². The molecule has 186 valence electrons. The van der Waals surface area contributed by atoms with Crippen LogP contribution in [0.2, 0.25) is 0 Å². The molecule has 11 nitrogen and oxygen atoms in total. The largest absolute Gasteiger partial charge is 0.355 e. The van der Waals surface area contributed by atoms with Crippen LogP contribution < -0.4 is 10.6 Å². The summed E-state index contributed by atoms with van der Waals surface area (Å²) in [6, 6.07) is 0. The Morgan fingerprint density at radius 3 is 1.65 bits per heavy atom. The molecule has 2 aliphatic carbocycles. The number of amides is 2. The first-order chi connectivity index (χ1) is 16.3. The molecule has 0 bridgehead atoms. The maximum atomic E-state index is 12.0. The lowest BCUT2D eigenvalue weighted by molar-refractivity contribution is -0.126. The molecule has 0 unspecified atom stereocenters. The Hall–Kier alpha value is -2.82. The van der Waals surface area contributed by atoms with Gasteiger partial charge in [0.25, 0.3) is 0 Å². The Labute approximate surface area is 200 Å². The minimum Gasteiger partial charge on any atom is -0.355 e. The van der Waals surface area contributed by atoms with Crippen molar-refractivity contribution in [3.8, 4) is 0 Å². The van der Waals surface area contributed by atoms with Gasteiger partial charge in [-0.3, -0.25) is 19.0 Å². The maximum absolute atomic E-state index is 12.0. The molecule has 2 amide bonds. The highest BCUT2D eigenvalue weighted by atomic mass is 16.2. The molecule has 4 rings (SSSR count). The Morgan fingerprint density at radius 2 is 1.26 bits per heavy atom. The molecule has 2 N–H and O–H groups in total. The van der Waals surface area contributed by atoms with Crippen LogP contribution in [0.5, 0.6) is 0 Å². The van der Waals surface area contributed by atoms with E-state index in [-0.39, 0.29) is 22.6 Å². The lowest BCUT2D eigenvalue weighted by Crippen LogP contribution is -2.31. The van der Waals surface area contributed by atoms with Crippen LogP contribution in [0.1, 0.15) is 50.9 Å². The molecule has 2 aromatic heterocycles. The van der Waals surface area contributed by atoms with Gasteiger partial charge in [-0.15, -0.1) is 10.2 Å². The van der Waals surface area contributed by atoms with E-state index in [1.807, 2.05) is 35.6 Å². The Kier molecular flexibility index (Phi) is 7.30. The van der Waals surface area contributed by atoms with Crippen LogP contribution in [0, 0.1) is 10.8 Å². The van der Waals surface area contributed by atoms with E-state index in [4.69, 9.17) is 0 Å². The van der Waals surface area contributed by atoms with Crippen LogP contribution in [0.4, 0.5) is 0 Å². The van der Waals surface area contributed by atoms with Crippen molar-refractivity contribution in [1.29, 1.82) is 0 Å². The third kappa shape index (κ3) is 6.62. The zero-order valence-electron chi connectivity index (χ0n) is 20.6. The van der Waals surface area contributed by atoms with Crippen molar-refractivity contribution >= 4 is 11.8 Å². The van der Waals surface area contributed by atoms with Gasteiger partial charge in [-0.1, -0.05) is 24.3 Å². The highest BCUT2D eigenvalue weighted by Gasteiger charge is 2.45. The molecule has 2 aliphatic rings. The molecule has 0 aromatic carbocycles. The first kappa shape index (κ1) is 24.3. The van der Waals surface area contributed by atoms with E-state index >= 15 is 0 Å². The molecule has 34 heavy (non-hydrogen) atoms. The lowest BCUT2D eigenvalue weighted by Gasteiger charge is -2.15. The van der Waals surface area contributed by atoms with E-state index < -0.39 is 0 Å². The van der Waals surface area contributed by atoms with Gasteiger partial charge in [0.15, 0.2) is 0 Å². The van der Waals surface area contributed by atoms with Crippen LogP contribution >= 0.6 is 0 Å². The van der Waals surface area contributed by atoms with E-state index in [9.17, 15) is 9.59 Å². The summed E-state index contributed by atoms with van der Waals surface area (Å²) >= 11 is 0. The number of hydrogen-bond acceptors (Lipinski definition) is 7. The summed E-state index contributed by atoms with van der Waals surface area (Å²) in [6.45, 7) is 8.37. The summed E-state index contributed by atoms with van der Waals surface area (Å²) in [7, 11) is 2.07. The number of hydrogen-bond donors (Lipinski definition) is 2. The van der Waals surface area contributed by atoms with Crippen LogP contribution in [0.25, 0.3) is 0 Å². The van der Waals surface area contributed by atoms with E-state index in [1.54, 1.807) is 0 Å². The third-order valence-corrected chi connectivity index (χ3v) is 7.02. The van der Waals surface area contributed by atoms with Crippen molar-refractivity contribution in [3.63, 3.8) is 0 Å². The molecule has 2 heterocycles. The van der Waals surface area contributed by atoms with Crippen molar-refractivity contribution in [2.24, 2.45) is 10.8 Å². The summed E-state index contributed by atoms with van der Waals surface area (Å²) in [4.78, 5) is 26.2. The average Bonchev–Trinajstić information content (AvgIpc) is 3.63. The van der Waals surface area contributed by atoms with Gasteiger partial charge in [-0.05, 0) is 32.7 Å². The zero-order chi connectivity index (χ0) is 24.2. The van der Waals surface area contributed by atoms with Gasteiger partial charge in [0.2, 0.25) is 11.8 Å². The second-order valence-electron chi connectivity index (χ2n) is 10.4. The summed E-state index contributed by atoms with van der Waals surface area (Å²) in [6.07, 6.45) is 9.22. The summed E-state index contributed by atoms with van der Waals surface area (Å²) in [5.74, 6) is 0.298. The van der Waals surface area contributed by atoms with Gasteiger partial charge in [-0.25, -0.2) is 0 Å². The van der Waals surface area contributed by atoms with Crippen LogP contribution in [-0.4, -0.2) is 79.9 Å². The van der Waals surface area contributed by atoms with E-state index in [2.05, 4.69) is 43.2 Å². The van der Waals surface area contributed by atoms with Crippen LogP contribution in [0.3, 0.4) is 0 Å². The number of rotatable bonds is 14. The monoisotopic (exact) mass is 471 g/mol. The first-order valence-corrected chi connectivity index (χ1v) is 12.3. The predicted molar refractivity (Wildman–Crippen MR) is 126 cm³/mol. The molecule has 2 fully saturated rings. The number of carbonyl (C=O) groups is 2. The van der Waals surface area contributed by atoms with Crippen molar-refractivity contribution in [1.82, 2.24) is 45.5 Å². The van der Waals surface area contributed by atoms with Gasteiger partial charge in [0.05, 0.1) is 24.5 Å². The fourth-order valence-corrected chi connectivity index (χ4v) is 3.65. The second kappa shape index (κ2) is 10.2. The molecule has 0 saturated heterocycles. The summed E-state index contributed by atoms with van der Waals surface area (Å²) in [5, 5.41) is 22.8. The van der Waals surface area contributed by atoms with E-state index in [1.165, 1.54) is 0 Å². The zero-order valence-corrected chi connectivity index (χ0v) is 20.6. The van der Waals surface area contributed by atoms with Crippen molar-refractivity contribution in [2.45, 2.75) is 65.5 Å². The molecule has 11 heteroatoms. The first-order valence-electron chi connectivity index (χ1n) is 12.3. The minimum atomic E-state index is -0.137. The summed E-state index contributed by atoms with van der Waals surface area (Å²) in [5.41, 5.74) is 1.51. The fraction of sp³-hybridized carbons (Fsp3) is 0.739. The molecule has 0 radical (unpaired) electrons. The predicted octanol–water partition coefficient (Wildman–Crippen LogP) is 0.419. The molecule has 0 aliphatic heterocycles. The Bertz CT molecular complexity index is 912. The third-order valence-electron chi connectivity index (χ3n) is 7.02. The number of carbonyl (C=O) groups excluding carboxylic acids is 2. The summed E-state index contributed by atoms with van der Waals surface area (Å²) < 4.78 is 3.69. The SMILES string of the molecule is CN(CCn1cc(CCNC(=O)C2(C)CC2)nn1)CCn1cc(CCNC(=O)C2(C)CC2)nn1. The highest BCUT2D eigenvalue weighted by molar-refractivity contribution is 5.85. The Balaban J connectivity index is 1.08. The molecular formula is C23H37N9O2. The van der Waals surface area contributed by atoms with Crippen molar-refractivity contribution in [3.05, 3.63) is 23.8 Å². The second-order valence-corrected chi connectivity index (χ2v) is 10.4. The Morgan fingerprint density at radius 1 is 0.853 bits per heavy atom. The van der Waals surface area contributed by atoms with Gasteiger partial charge < -0.3 is 15.5 Å². The lowest BCUT2D eigenvalue weighted by atomic mass is 10.1.